The number of aromatic nitrogens is 1. The maximum Gasteiger partial charge on any atom is 0.128 e. The molecule has 3 nitrogen and oxygen atoms in total. The molecule has 106 valence electrons. The van der Waals surface area contributed by atoms with Crippen LogP contribution in [-0.4, -0.2) is 18.1 Å². The topological polar surface area (TPSA) is 28.2 Å². The third kappa shape index (κ3) is 3.58. The van der Waals surface area contributed by atoms with Crippen LogP contribution in [0.3, 0.4) is 0 Å². The first-order valence-corrected chi connectivity index (χ1v) is 8.23. The molecule has 3 rings (SSSR count). The van der Waals surface area contributed by atoms with Crippen LogP contribution in [0.4, 0.5) is 5.82 Å². The van der Waals surface area contributed by atoms with Crippen LogP contribution in [0, 0.1) is 0 Å². The van der Waals surface area contributed by atoms with E-state index in [1.807, 2.05) is 6.20 Å². The lowest BCUT2D eigenvalue weighted by Gasteiger charge is -2.27. The molecule has 0 saturated carbocycles. The van der Waals surface area contributed by atoms with Gasteiger partial charge in [-0.05, 0) is 48.4 Å². The van der Waals surface area contributed by atoms with E-state index in [0.717, 1.165) is 32.0 Å². The number of nitrogens with zero attached hydrogens (tertiary/aromatic N) is 2. The molecule has 0 radical (unpaired) electrons. The van der Waals surface area contributed by atoms with E-state index in [-0.39, 0.29) is 0 Å². The summed E-state index contributed by atoms with van der Waals surface area (Å²) in [7, 11) is 0. The average Bonchev–Trinajstić information content (AvgIpc) is 3.02. The SMILES string of the molecule is c1csc(CNCc2ccnc(N3CCCCC3)c2)c1. The Balaban J connectivity index is 1.56. The van der Waals surface area contributed by atoms with Crippen molar-refractivity contribution in [3.8, 4) is 0 Å². The zero-order valence-corrected chi connectivity index (χ0v) is 12.5. The second-order valence-corrected chi connectivity index (χ2v) is 6.29. The largest absolute Gasteiger partial charge is 0.357 e. The van der Waals surface area contributed by atoms with Gasteiger partial charge in [0, 0.05) is 37.3 Å². The molecule has 2 aromatic heterocycles. The van der Waals surface area contributed by atoms with Crippen molar-refractivity contribution in [1.82, 2.24) is 10.3 Å². The Morgan fingerprint density at radius 2 is 2.05 bits per heavy atom. The number of anilines is 1. The lowest BCUT2D eigenvalue weighted by Crippen LogP contribution is -2.30. The van der Waals surface area contributed by atoms with Crippen LogP contribution < -0.4 is 10.2 Å². The lowest BCUT2D eigenvalue weighted by atomic mass is 10.1. The van der Waals surface area contributed by atoms with Crippen LogP contribution in [0.25, 0.3) is 0 Å². The summed E-state index contributed by atoms with van der Waals surface area (Å²) in [6, 6.07) is 8.60. The minimum atomic E-state index is 0.904. The average molecular weight is 287 g/mol. The fourth-order valence-electron chi connectivity index (χ4n) is 2.61. The number of rotatable bonds is 5. The second-order valence-electron chi connectivity index (χ2n) is 5.25. The Morgan fingerprint density at radius 3 is 2.85 bits per heavy atom. The summed E-state index contributed by atoms with van der Waals surface area (Å²) in [4.78, 5) is 8.31. The predicted octanol–water partition coefficient (Wildman–Crippen LogP) is 3.42. The van der Waals surface area contributed by atoms with Gasteiger partial charge in [0.25, 0.3) is 0 Å². The maximum atomic E-state index is 4.52. The van der Waals surface area contributed by atoms with Gasteiger partial charge in [0.1, 0.15) is 5.82 Å². The molecule has 3 heterocycles. The molecular formula is C16H21N3S. The van der Waals surface area contributed by atoms with E-state index in [0.29, 0.717) is 0 Å². The fourth-order valence-corrected chi connectivity index (χ4v) is 3.28. The second kappa shape index (κ2) is 6.86. The highest BCUT2D eigenvalue weighted by atomic mass is 32.1. The van der Waals surface area contributed by atoms with E-state index in [1.165, 1.54) is 29.7 Å². The van der Waals surface area contributed by atoms with Gasteiger partial charge in [0.15, 0.2) is 0 Å². The zero-order chi connectivity index (χ0) is 13.6. The quantitative estimate of drug-likeness (QED) is 0.913. The molecule has 1 fully saturated rings. The molecule has 2 aromatic rings. The van der Waals surface area contributed by atoms with E-state index < -0.39 is 0 Å². The van der Waals surface area contributed by atoms with Crippen molar-refractivity contribution in [3.05, 3.63) is 46.3 Å². The van der Waals surface area contributed by atoms with Crippen molar-refractivity contribution in [1.29, 1.82) is 0 Å². The molecule has 1 saturated heterocycles. The van der Waals surface area contributed by atoms with Crippen molar-refractivity contribution < 1.29 is 0 Å². The molecule has 0 bridgehead atoms. The first kappa shape index (κ1) is 13.6. The van der Waals surface area contributed by atoms with Crippen molar-refractivity contribution >= 4 is 17.2 Å². The van der Waals surface area contributed by atoms with Crippen LogP contribution in [0.2, 0.25) is 0 Å². The third-order valence-electron chi connectivity index (χ3n) is 3.70. The normalized spacial score (nSPS) is 15.5. The molecule has 0 aliphatic carbocycles. The maximum absolute atomic E-state index is 4.52. The number of thiophene rings is 1. The molecule has 0 unspecified atom stereocenters. The van der Waals surface area contributed by atoms with Gasteiger partial charge in [0.05, 0.1) is 0 Å². The summed E-state index contributed by atoms with van der Waals surface area (Å²) in [5.41, 5.74) is 1.32. The molecule has 20 heavy (non-hydrogen) atoms. The van der Waals surface area contributed by atoms with Crippen LogP contribution in [0.15, 0.2) is 35.8 Å². The molecule has 0 spiro atoms. The zero-order valence-electron chi connectivity index (χ0n) is 11.7. The van der Waals surface area contributed by atoms with Crippen LogP contribution in [0.1, 0.15) is 29.7 Å². The van der Waals surface area contributed by atoms with E-state index in [4.69, 9.17) is 0 Å². The Hall–Kier alpha value is -1.39. The van der Waals surface area contributed by atoms with Gasteiger partial charge in [-0.1, -0.05) is 6.07 Å². The summed E-state index contributed by atoms with van der Waals surface area (Å²) >= 11 is 1.80. The summed E-state index contributed by atoms with van der Waals surface area (Å²) < 4.78 is 0. The number of hydrogen-bond acceptors (Lipinski definition) is 4. The van der Waals surface area contributed by atoms with Crippen molar-refractivity contribution in [2.75, 3.05) is 18.0 Å². The van der Waals surface area contributed by atoms with Crippen molar-refractivity contribution in [2.24, 2.45) is 0 Å². The summed E-state index contributed by atoms with van der Waals surface area (Å²) in [5.74, 6) is 1.14. The molecule has 0 atom stereocenters. The Bertz CT molecular complexity index is 518. The lowest BCUT2D eigenvalue weighted by molar-refractivity contribution is 0.573. The van der Waals surface area contributed by atoms with Gasteiger partial charge >= 0.3 is 0 Å². The number of pyridine rings is 1. The molecule has 0 aromatic carbocycles. The van der Waals surface area contributed by atoms with Gasteiger partial charge in [-0.15, -0.1) is 11.3 Å². The van der Waals surface area contributed by atoms with Gasteiger partial charge in [-0.3, -0.25) is 0 Å². The van der Waals surface area contributed by atoms with E-state index in [2.05, 4.69) is 44.8 Å². The van der Waals surface area contributed by atoms with Crippen LogP contribution in [-0.2, 0) is 13.1 Å². The smallest absolute Gasteiger partial charge is 0.128 e. The third-order valence-corrected chi connectivity index (χ3v) is 4.57. The van der Waals surface area contributed by atoms with E-state index in [9.17, 15) is 0 Å². The number of piperidine rings is 1. The number of nitrogens with one attached hydrogen (secondary N) is 1. The van der Waals surface area contributed by atoms with Gasteiger partial charge in [-0.2, -0.15) is 0 Å². The predicted molar refractivity (Wildman–Crippen MR) is 85.2 cm³/mol. The Morgan fingerprint density at radius 1 is 1.15 bits per heavy atom. The minimum absolute atomic E-state index is 0.904. The van der Waals surface area contributed by atoms with E-state index in [1.54, 1.807) is 11.3 Å². The van der Waals surface area contributed by atoms with Crippen LogP contribution >= 0.6 is 11.3 Å². The Kier molecular flexibility index (Phi) is 4.66. The summed E-state index contributed by atoms with van der Waals surface area (Å²) in [6.45, 7) is 4.15. The Labute approximate surface area is 124 Å². The minimum Gasteiger partial charge on any atom is -0.357 e. The fraction of sp³-hybridized carbons (Fsp3) is 0.438. The standard InChI is InChI=1S/C16H21N3S/c1-2-8-19(9-3-1)16-11-14(6-7-18-16)12-17-13-15-5-4-10-20-15/h4-7,10-11,17H,1-3,8-9,12-13H2. The molecule has 4 heteroatoms. The van der Waals surface area contributed by atoms with Crippen LogP contribution in [0.5, 0.6) is 0 Å². The van der Waals surface area contributed by atoms with Gasteiger partial charge in [0.2, 0.25) is 0 Å². The van der Waals surface area contributed by atoms with Gasteiger partial charge < -0.3 is 10.2 Å². The van der Waals surface area contributed by atoms with Gasteiger partial charge in [-0.25, -0.2) is 4.98 Å². The number of hydrogen-bond donors (Lipinski definition) is 1. The highest BCUT2D eigenvalue weighted by Gasteiger charge is 2.12. The highest BCUT2D eigenvalue weighted by molar-refractivity contribution is 7.09. The van der Waals surface area contributed by atoms with Crippen molar-refractivity contribution in [3.63, 3.8) is 0 Å². The molecule has 0 amide bonds. The van der Waals surface area contributed by atoms with E-state index >= 15 is 0 Å². The monoisotopic (exact) mass is 287 g/mol. The molecule has 1 N–H and O–H groups in total. The van der Waals surface area contributed by atoms with Crippen molar-refractivity contribution in [2.45, 2.75) is 32.4 Å². The summed E-state index contributed by atoms with van der Waals surface area (Å²) in [5, 5.41) is 5.62. The highest BCUT2D eigenvalue weighted by Crippen LogP contribution is 2.18. The molecular weight excluding hydrogens is 266 g/mol. The molecule has 1 aliphatic heterocycles. The first-order chi connectivity index (χ1) is 9.92. The molecule has 1 aliphatic rings. The first-order valence-electron chi connectivity index (χ1n) is 7.35. The summed E-state index contributed by atoms with van der Waals surface area (Å²) in [6.07, 6.45) is 5.88.